The summed E-state index contributed by atoms with van der Waals surface area (Å²) in [5, 5.41) is 29.7. The highest BCUT2D eigenvalue weighted by Crippen LogP contribution is 2.31. The Balaban J connectivity index is 1.80. The van der Waals surface area contributed by atoms with E-state index >= 15 is 0 Å². The second-order valence-corrected chi connectivity index (χ2v) is 6.65. The summed E-state index contributed by atoms with van der Waals surface area (Å²) < 4.78 is 5.70. The molecule has 23 heavy (non-hydrogen) atoms. The maximum Gasteiger partial charge on any atom is 0.173 e. The Hall–Kier alpha value is -1.38. The number of hydrogen-bond donors (Lipinski definition) is 3. The molecular formula is C15H15ClN2O4S. The smallest absolute Gasteiger partial charge is 0.173 e. The molecule has 0 aromatic carbocycles. The molecular weight excluding hydrogens is 340 g/mol. The molecule has 2 aromatic heterocycles. The van der Waals surface area contributed by atoms with Gasteiger partial charge in [0.25, 0.3) is 0 Å². The van der Waals surface area contributed by atoms with Crippen LogP contribution in [-0.4, -0.2) is 54.8 Å². The van der Waals surface area contributed by atoms with Crippen LogP contribution < -0.4 is 4.74 Å². The molecule has 3 N–H and O–H groups in total. The predicted molar refractivity (Wildman–Crippen MR) is 87.4 cm³/mol. The molecule has 1 aliphatic heterocycles. The van der Waals surface area contributed by atoms with Crippen molar-refractivity contribution in [3.05, 3.63) is 41.8 Å². The fraction of sp³-hybridized carbons (Fsp3) is 0.333. The Bertz CT molecular complexity index is 690. The van der Waals surface area contributed by atoms with E-state index < -0.39 is 23.7 Å². The molecule has 0 amide bonds. The third-order valence-electron chi connectivity index (χ3n) is 3.45. The maximum absolute atomic E-state index is 9.99. The first-order valence-corrected chi connectivity index (χ1v) is 8.37. The second-order valence-electron chi connectivity index (χ2n) is 5.11. The number of aliphatic hydroxyl groups excluding tert-OH is 3. The van der Waals surface area contributed by atoms with Gasteiger partial charge in [0.15, 0.2) is 5.44 Å². The lowest BCUT2D eigenvalue weighted by molar-refractivity contribution is -0.0786. The van der Waals surface area contributed by atoms with Crippen LogP contribution in [0.15, 0.2) is 36.8 Å². The van der Waals surface area contributed by atoms with Crippen molar-refractivity contribution in [2.24, 2.45) is 0 Å². The predicted octanol–water partition coefficient (Wildman–Crippen LogP) is 1.33. The number of halogens is 1. The number of nitrogens with zero attached hydrogens (tertiary/aromatic N) is 2. The summed E-state index contributed by atoms with van der Waals surface area (Å²) in [6.07, 6.45) is 1.36. The van der Waals surface area contributed by atoms with E-state index in [0.717, 1.165) is 0 Å². The first-order chi connectivity index (χ1) is 11.1. The van der Waals surface area contributed by atoms with Crippen molar-refractivity contribution >= 4 is 23.4 Å². The van der Waals surface area contributed by atoms with Crippen LogP contribution in [0.25, 0.3) is 11.3 Å². The van der Waals surface area contributed by atoms with Crippen LogP contribution >= 0.6 is 23.4 Å². The minimum atomic E-state index is -1.23. The zero-order valence-electron chi connectivity index (χ0n) is 11.9. The summed E-state index contributed by atoms with van der Waals surface area (Å²) in [7, 11) is 0. The molecule has 0 unspecified atom stereocenters. The van der Waals surface area contributed by atoms with Gasteiger partial charge in [-0.2, -0.15) is 0 Å². The number of aliphatic hydroxyl groups is 3. The van der Waals surface area contributed by atoms with Crippen molar-refractivity contribution in [1.29, 1.82) is 0 Å². The number of aromatic nitrogens is 2. The second kappa shape index (κ2) is 7.02. The minimum absolute atomic E-state index is 0.280. The molecule has 0 radical (unpaired) electrons. The summed E-state index contributed by atoms with van der Waals surface area (Å²) in [6, 6.07) is 5.18. The molecule has 0 saturated carbocycles. The Morgan fingerprint density at radius 2 is 2.04 bits per heavy atom. The zero-order valence-corrected chi connectivity index (χ0v) is 13.5. The van der Waals surface area contributed by atoms with Crippen molar-refractivity contribution in [3.63, 3.8) is 0 Å². The van der Waals surface area contributed by atoms with Gasteiger partial charge in [-0.25, -0.2) is 0 Å². The van der Waals surface area contributed by atoms with E-state index in [1.54, 1.807) is 30.6 Å². The monoisotopic (exact) mass is 354 g/mol. The highest BCUT2D eigenvalue weighted by molar-refractivity contribution is 7.99. The Morgan fingerprint density at radius 3 is 2.83 bits per heavy atom. The Morgan fingerprint density at radius 1 is 1.22 bits per heavy atom. The largest absolute Gasteiger partial charge is 0.475 e. The minimum Gasteiger partial charge on any atom is -0.475 e. The van der Waals surface area contributed by atoms with E-state index in [4.69, 9.17) is 16.3 Å². The van der Waals surface area contributed by atoms with Gasteiger partial charge in [-0.3, -0.25) is 9.97 Å². The van der Waals surface area contributed by atoms with Gasteiger partial charge in [0.05, 0.1) is 23.0 Å². The summed E-state index contributed by atoms with van der Waals surface area (Å²) >= 11 is 7.36. The normalized spacial score (nSPS) is 27.7. The molecule has 2 aromatic rings. The Kier molecular flexibility index (Phi) is 5.03. The van der Waals surface area contributed by atoms with Crippen LogP contribution in [0.2, 0.25) is 5.02 Å². The van der Waals surface area contributed by atoms with E-state index in [9.17, 15) is 15.3 Å². The van der Waals surface area contributed by atoms with E-state index in [1.807, 2.05) is 0 Å². The van der Waals surface area contributed by atoms with Crippen LogP contribution in [0.3, 0.4) is 0 Å². The van der Waals surface area contributed by atoms with E-state index in [-0.39, 0.29) is 5.75 Å². The first kappa shape index (κ1) is 16.5. The molecule has 8 heteroatoms. The fourth-order valence-electron chi connectivity index (χ4n) is 2.23. The molecule has 1 saturated heterocycles. The summed E-state index contributed by atoms with van der Waals surface area (Å²) in [5.41, 5.74) is 0.577. The van der Waals surface area contributed by atoms with Gasteiger partial charge in [-0.05, 0) is 18.2 Å². The molecule has 6 nitrogen and oxygen atoms in total. The average Bonchev–Trinajstić information content (AvgIpc) is 2.56. The van der Waals surface area contributed by atoms with Crippen molar-refractivity contribution < 1.29 is 20.1 Å². The lowest BCUT2D eigenvalue weighted by atomic mass is 10.1. The van der Waals surface area contributed by atoms with E-state index in [0.29, 0.717) is 22.0 Å². The van der Waals surface area contributed by atoms with E-state index in [1.165, 1.54) is 18.0 Å². The highest BCUT2D eigenvalue weighted by Gasteiger charge is 2.38. The number of pyridine rings is 2. The van der Waals surface area contributed by atoms with Crippen molar-refractivity contribution in [2.75, 3.05) is 5.75 Å². The molecule has 1 fully saturated rings. The first-order valence-electron chi connectivity index (χ1n) is 6.94. The van der Waals surface area contributed by atoms with Crippen LogP contribution in [0.4, 0.5) is 0 Å². The van der Waals surface area contributed by atoms with Crippen LogP contribution in [0.1, 0.15) is 0 Å². The molecule has 0 bridgehead atoms. The van der Waals surface area contributed by atoms with Crippen LogP contribution in [0.5, 0.6) is 5.75 Å². The third-order valence-corrected chi connectivity index (χ3v) is 4.99. The summed E-state index contributed by atoms with van der Waals surface area (Å²) in [5.74, 6) is 0.701. The standard InChI is InChI=1S/C15H15ClN2O4S/c16-10-2-1-3-18-12(10)8-4-9(6-17-5-8)22-15-14(21)13(20)11(19)7-23-15/h1-6,11,13-15,19-21H,7H2/t11-,13+,14-,15-/m1/s1. The van der Waals surface area contributed by atoms with Crippen molar-refractivity contribution in [2.45, 2.75) is 23.7 Å². The van der Waals surface area contributed by atoms with Gasteiger partial charge in [0.1, 0.15) is 18.0 Å². The summed E-state index contributed by atoms with van der Waals surface area (Å²) in [6.45, 7) is 0. The molecule has 1 aliphatic rings. The molecule has 122 valence electrons. The van der Waals surface area contributed by atoms with Crippen molar-refractivity contribution in [1.82, 2.24) is 9.97 Å². The third kappa shape index (κ3) is 3.59. The number of rotatable bonds is 3. The molecule has 0 aliphatic carbocycles. The highest BCUT2D eigenvalue weighted by atomic mass is 35.5. The quantitative estimate of drug-likeness (QED) is 0.765. The summed E-state index contributed by atoms with van der Waals surface area (Å²) in [4.78, 5) is 8.32. The van der Waals surface area contributed by atoms with Gasteiger partial charge in [0, 0.05) is 23.7 Å². The lowest BCUT2D eigenvalue weighted by Gasteiger charge is -2.34. The fourth-order valence-corrected chi connectivity index (χ4v) is 3.58. The molecule has 3 rings (SSSR count). The number of hydrogen-bond acceptors (Lipinski definition) is 7. The maximum atomic E-state index is 9.99. The zero-order chi connectivity index (χ0) is 16.4. The average molecular weight is 355 g/mol. The van der Waals surface area contributed by atoms with Crippen LogP contribution in [0, 0.1) is 0 Å². The number of thioether (sulfide) groups is 1. The SMILES string of the molecule is O[C@@H]1[C@@H](O)[C@H](Oc2cncc(-c3ncccc3Cl)c2)SC[C@H]1O. The van der Waals surface area contributed by atoms with Gasteiger partial charge in [0.2, 0.25) is 0 Å². The molecule has 0 spiro atoms. The van der Waals surface area contributed by atoms with E-state index in [2.05, 4.69) is 9.97 Å². The van der Waals surface area contributed by atoms with Crippen LogP contribution in [-0.2, 0) is 0 Å². The molecule has 4 atom stereocenters. The van der Waals surface area contributed by atoms with Gasteiger partial charge in [-0.1, -0.05) is 11.6 Å². The van der Waals surface area contributed by atoms with Crippen molar-refractivity contribution in [3.8, 4) is 17.0 Å². The molecule has 3 heterocycles. The van der Waals surface area contributed by atoms with Gasteiger partial charge < -0.3 is 20.1 Å². The topological polar surface area (TPSA) is 95.7 Å². The Labute approximate surface area is 142 Å². The number of ether oxygens (including phenoxy) is 1. The lowest BCUT2D eigenvalue weighted by Crippen LogP contribution is -2.50. The van der Waals surface area contributed by atoms with Gasteiger partial charge in [-0.15, -0.1) is 11.8 Å². The van der Waals surface area contributed by atoms with Gasteiger partial charge >= 0.3 is 0 Å².